The molecule has 80 valence electrons. The molecule has 0 spiro atoms. The van der Waals surface area contributed by atoms with Crippen molar-refractivity contribution in [3.8, 4) is 11.5 Å². The van der Waals surface area contributed by atoms with Crippen LogP contribution in [0.2, 0.25) is 0 Å². The molecule has 6 heteroatoms. The molecule has 0 aromatic carbocycles. The van der Waals surface area contributed by atoms with E-state index < -0.39 is 5.97 Å². The van der Waals surface area contributed by atoms with Gasteiger partial charge in [0.15, 0.2) is 10.7 Å². The van der Waals surface area contributed by atoms with Crippen LogP contribution in [0.25, 0.3) is 16.4 Å². The maximum absolute atomic E-state index is 10.9. The second-order valence-electron chi connectivity index (χ2n) is 3.18. The molecule has 3 rings (SSSR count). The van der Waals surface area contributed by atoms with Crippen LogP contribution in [0.5, 0.6) is 0 Å². The standard InChI is InChI=1S/C10H6N2O3S/c13-9(14)7-5-16-10-11-6(4-12(7)10)8-2-1-3-15-8/h1-5H,(H,13,14). The van der Waals surface area contributed by atoms with Crippen LogP contribution in [-0.2, 0) is 0 Å². The van der Waals surface area contributed by atoms with Crippen molar-refractivity contribution >= 4 is 22.3 Å². The van der Waals surface area contributed by atoms with Crippen LogP contribution in [0.1, 0.15) is 10.5 Å². The van der Waals surface area contributed by atoms with Crippen LogP contribution in [0, 0.1) is 0 Å². The average molecular weight is 234 g/mol. The number of hydrogen-bond donors (Lipinski definition) is 1. The number of carbonyl (C=O) groups is 1. The first-order valence-electron chi connectivity index (χ1n) is 4.49. The summed E-state index contributed by atoms with van der Waals surface area (Å²) in [7, 11) is 0. The zero-order chi connectivity index (χ0) is 11.1. The second-order valence-corrected chi connectivity index (χ2v) is 4.02. The Morgan fingerprint density at radius 3 is 3.12 bits per heavy atom. The van der Waals surface area contributed by atoms with E-state index in [0.717, 1.165) is 0 Å². The average Bonchev–Trinajstić information content (AvgIpc) is 2.92. The number of fused-ring (bicyclic) bond motifs is 1. The smallest absolute Gasteiger partial charge is 0.353 e. The van der Waals surface area contributed by atoms with Gasteiger partial charge in [0.2, 0.25) is 0 Å². The van der Waals surface area contributed by atoms with Gasteiger partial charge >= 0.3 is 5.97 Å². The van der Waals surface area contributed by atoms with Gasteiger partial charge in [-0.25, -0.2) is 9.78 Å². The van der Waals surface area contributed by atoms with Gasteiger partial charge in [-0.15, -0.1) is 11.3 Å². The van der Waals surface area contributed by atoms with Crippen LogP contribution in [0.4, 0.5) is 0 Å². The van der Waals surface area contributed by atoms with Crippen LogP contribution in [-0.4, -0.2) is 20.5 Å². The van der Waals surface area contributed by atoms with Gasteiger partial charge in [0.05, 0.1) is 6.26 Å². The third-order valence-corrected chi connectivity index (χ3v) is 3.04. The Balaban J connectivity index is 2.20. The molecule has 5 nitrogen and oxygen atoms in total. The van der Waals surface area contributed by atoms with Crippen molar-refractivity contribution in [2.24, 2.45) is 0 Å². The third kappa shape index (κ3) is 1.24. The lowest BCUT2D eigenvalue weighted by Crippen LogP contribution is -1.99. The SMILES string of the molecule is O=C(O)c1csc2nc(-c3ccco3)cn12. The number of carboxylic acids is 1. The quantitative estimate of drug-likeness (QED) is 0.739. The molecule has 0 aliphatic rings. The van der Waals surface area contributed by atoms with Crippen LogP contribution >= 0.6 is 11.3 Å². The highest BCUT2D eigenvalue weighted by molar-refractivity contribution is 7.15. The van der Waals surface area contributed by atoms with Crippen molar-refractivity contribution in [1.29, 1.82) is 0 Å². The van der Waals surface area contributed by atoms with Gasteiger partial charge < -0.3 is 9.52 Å². The highest BCUT2D eigenvalue weighted by Crippen LogP contribution is 2.23. The molecule has 3 heterocycles. The van der Waals surface area contributed by atoms with Gasteiger partial charge in [-0.1, -0.05) is 0 Å². The number of furan rings is 1. The molecule has 0 saturated heterocycles. The molecule has 0 radical (unpaired) electrons. The molecule has 0 saturated carbocycles. The monoisotopic (exact) mass is 234 g/mol. The first-order chi connectivity index (χ1) is 7.75. The molecule has 0 aliphatic carbocycles. The van der Waals surface area contributed by atoms with E-state index >= 15 is 0 Å². The second kappa shape index (κ2) is 3.21. The highest BCUT2D eigenvalue weighted by Gasteiger charge is 2.14. The number of imidazole rings is 1. The van der Waals surface area contributed by atoms with Gasteiger partial charge in [-0.3, -0.25) is 4.40 Å². The molecule has 3 aromatic heterocycles. The Morgan fingerprint density at radius 2 is 2.44 bits per heavy atom. The molecule has 0 fully saturated rings. The Kier molecular flexibility index (Phi) is 1.84. The lowest BCUT2D eigenvalue weighted by Gasteiger charge is -1.89. The zero-order valence-electron chi connectivity index (χ0n) is 7.95. The van der Waals surface area contributed by atoms with Crippen molar-refractivity contribution in [2.45, 2.75) is 0 Å². The first kappa shape index (κ1) is 9.17. The van der Waals surface area contributed by atoms with E-state index in [1.54, 1.807) is 34.4 Å². The van der Waals surface area contributed by atoms with E-state index in [-0.39, 0.29) is 5.69 Å². The first-order valence-corrected chi connectivity index (χ1v) is 5.37. The predicted molar refractivity (Wildman–Crippen MR) is 57.7 cm³/mol. The van der Waals surface area contributed by atoms with Gasteiger partial charge in [-0.05, 0) is 12.1 Å². The van der Waals surface area contributed by atoms with Crippen molar-refractivity contribution in [2.75, 3.05) is 0 Å². The molecular formula is C10H6N2O3S. The minimum Gasteiger partial charge on any atom is -0.477 e. The van der Waals surface area contributed by atoms with Gasteiger partial charge in [0.1, 0.15) is 11.4 Å². The van der Waals surface area contributed by atoms with Crippen LogP contribution < -0.4 is 0 Å². The fourth-order valence-electron chi connectivity index (χ4n) is 1.48. The molecule has 0 amide bonds. The number of aromatic nitrogens is 2. The summed E-state index contributed by atoms with van der Waals surface area (Å²) in [5, 5.41) is 10.5. The number of rotatable bonds is 2. The molecule has 1 N–H and O–H groups in total. The summed E-state index contributed by atoms with van der Waals surface area (Å²) in [6.45, 7) is 0. The van der Waals surface area contributed by atoms with E-state index in [4.69, 9.17) is 9.52 Å². The van der Waals surface area contributed by atoms with Crippen LogP contribution in [0.3, 0.4) is 0 Å². The number of carboxylic acid groups (broad SMARTS) is 1. The summed E-state index contributed by atoms with van der Waals surface area (Å²) >= 11 is 1.29. The summed E-state index contributed by atoms with van der Waals surface area (Å²) in [5.74, 6) is -0.332. The molecule has 0 atom stereocenters. The maximum Gasteiger partial charge on any atom is 0.353 e. The molecule has 16 heavy (non-hydrogen) atoms. The minimum atomic E-state index is -0.963. The summed E-state index contributed by atoms with van der Waals surface area (Å²) < 4.78 is 6.75. The lowest BCUT2D eigenvalue weighted by molar-refractivity contribution is 0.0689. The predicted octanol–water partition coefficient (Wildman–Crippen LogP) is 2.35. The lowest BCUT2D eigenvalue weighted by atomic mass is 10.3. The zero-order valence-corrected chi connectivity index (χ0v) is 8.77. The molecule has 3 aromatic rings. The third-order valence-electron chi connectivity index (χ3n) is 2.20. The Hall–Kier alpha value is -2.08. The van der Waals surface area contributed by atoms with Crippen molar-refractivity contribution < 1.29 is 14.3 Å². The fourth-order valence-corrected chi connectivity index (χ4v) is 2.33. The Bertz CT molecular complexity index is 651. The van der Waals surface area contributed by atoms with E-state index in [1.165, 1.54) is 11.3 Å². The van der Waals surface area contributed by atoms with Crippen molar-refractivity contribution in [3.05, 3.63) is 35.7 Å². The van der Waals surface area contributed by atoms with Crippen LogP contribution in [0.15, 0.2) is 34.4 Å². The van der Waals surface area contributed by atoms with Crippen molar-refractivity contribution in [1.82, 2.24) is 9.38 Å². The van der Waals surface area contributed by atoms with Crippen molar-refractivity contribution in [3.63, 3.8) is 0 Å². The van der Waals surface area contributed by atoms with Gasteiger partial charge in [0.25, 0.3) is 0 Å². The molecule has 0 aliphatic heterocycles. The Labute approximate surface area is 93.6 Å². The number of aromatic carboxylic acids is 1. The van der Waals surface area contributed by atoms with E-state index in [1.807, 2.05) is 0 Å². The van der Waals surface area contributed by atoms with E-state index in [2.05, 4.69) is 4.98 Å². The van der Waals surface area contributed by atoms with E-state index in [9.17, 15) is 4.79 Å². The summed E-state index contributed by atoms with van der Waals surface area (Å²) in [5.41, 5.74) is 0.852. The molecular weight excluding hydrogens is 228 g/mol. The molecule has 0 unspecified atom stereocenters. The fraction of sp³-hybridized carbons (Fsp3) is 0. The summed E-state index contributed by atoms with van der Waals surface area (Å²) in [4.78, 5) is 15.8. The number of nitrogens with zero attached hydrogens (tertiary/aromatic N) is 2. The van der Waals surface area contributed by atoms with E-state index in [0.29, 0.717) is 16.4 Å². The summed E-state index contributed by atoms with van der Waals surface area (Å²) in [6, 6.07) is 3.55. The summed E-state index contributed by atoms with van der Waals surface area (Å²) in [6.07, 6.45) is 3.22. The highest BCUT2D eigenvalue weighted by atomic mass is 32.1. The van der Waals surface area contributed by atoms with Gasteiger partial charge in [0, 0.05) is 11.6 Å². The Morgan fingerprint density at radius 1 is 1.56 bits per heavy atom. The topological polar surface area (TPSA) is 67.7 Å². The minimum absolute atomic E-state index is 0.213. The maximum atomic E-state index is 10.9. The van der Waals surface area contributed by atoms with Gasteiger partial charge in [-0.2, -0.15) is 0 Å². The molecule has 0 bridgehead atoms. The largest absolute Gasteiger partial charge is 0.477 e. The number of hydrogen-bond acceptors (Lipinski definition) is 4. The normalized spacial score (nSPS) is 11.0. The number of thiazole rings is 1.